The Kier molecular flexibility index (Phi) is 6.82. The lowest BCUT2D eigenvalue weighted by Crippen LogP contribution is -2.44. The maximum absolute atomic E-state index is 11.9. The highest BCUT2D eigenvalue weighted by atomic mass is 16.5. The predicted octanol–water partition coefficient (Wildman–Crippen LogP) is 4.01. The second kappa shape index (κ2) is 9.72. The first-order chi connectivity index (χ1) is 13.6. The molecule has 3 aromatic rings. The van der Waals surface area contributed by atoms with E-state index >= 15 is 0 Å². The van der Waals surface area contributed by atoms with Crippen molar-refractivity contribution in [1.29, 1.82) is 0 Å². The van der Waals surface area contributed by atoms with Crippen LogP contribution in [0.2, 0.25) is 0 Å². The number of hydrogen-bond acceptors (Lipinski definition) is 3. The third-order valence-corrected chi connectivity index (χ3v) is 4.83. The fraction of sp³-hybridized carbons (Fsp3) is 0.208. The maximum Gasteiger partial charge on any atom is 0.235 e. The van der Waals surface area contributed by atoms with E-state index in [2.05, 4.69) is 5.32 Å². The Morgan fingerprint density at radius 1 is 0.893 bits per heavy atom. The van der Waals surface area contributed by atoms with Crippen LogP contribution in [0.5, 0.6) is 5.75 Å². The summed E-state index contributed by atoms with van der Waals surface area (Å²) in [6.45, 7) is 3.11. The van der Waals surface area contributed by atoms with E-state index < -0.39 is 6.04 Å². The van der Waals surface area contributed by atoms with Crippen LogP contribution in [0.3, 0.4) is 0 Å². The van der Waals surface area contributed by atoms with Gasteiger partial charge < -0.3 is 15.8 Å². The molecule has 144 valence electrons. The first-order valence-electron chi connectivity index (χ1n) is 9.47. The van der Waals surface area contributed by atoms with Gasteiger partial charge in [-0.3, -0.25) is 4.79 Å². The molecule has 2 unspecified atom stereocenters. The fourth-order valence-electron chi connectivity index (χ4n) is 3.15. The van der Waals surface area contributed by atoms with Gasteiger partial charge in [-0.2, -0.15) is 0 Å². The second-order valence-corrected chi connectivity index (χ2v) is 6.88. The van der Waals surface area contributed by atoms with Crippen molar-refractivity contribution in [3.8, 4) is 5.75 Å². The number of primary amides is 1. The van der Waals surface area contributed by atoms with Crippen molar-refractivity contribution in [2.24, 2.45) is 5.73 Å². The minimum Gasteiger partial charge on any atom is -0.489 e. The van der Waals surface area contributed by atoms with Gasteiger partial charge in [0.05, 0.1) is 6.04 Å². The highest BCUT2D eigenvalue weighted by Gasteiger charge is 2.23. The van der Waals surface area contributed by atoms with Crippen LogP contribution >= 0.6 is 0 Å². The predicted molar refractivity (Wildman–Crippen MR) is 112 cm³/mol. The number of nitrogens with one attached hydrogen (secondary N) is 1. The molecule has 0 aliphatic heterocycles. The number of rotatable bonds is 9. The topological polar surface area (TPSA) is 64.3 Å². The van der Waals surface area contributed by atoms with Crippen molar-refractivity contribution < 1.29 is 9.53 Å². The van der Waals surface area contributed by atoms with Crippen molar-refractivity contribution in [3.63, 3.8) is 0 Å². The summed E-state index contributed by atoms with van der Waals surface area (Å²) in [6, 6.07) is 27.4. The van der Waals surface area contributed by atoms with Gasteiger partial charge in [0.1, 0.15) is 12.4 Å². The van der Waals surface area contributed by atoms with E-state index in [1.807, 2.05) is 91.9 Å². The molecule has 0 radical (unpaired) electrons. The van der Waals surface area contributed by atoms with Gasteiger partial charge >= 0.3 is 0 Å². The molecule has 1 amide bonds. The number of hydrogen-bond donors (Lipinski definition) is 2. The summed E-state index contributed by atoms with van der Waals surface area (Å²) >= 11 is 0. The Labute approximate surface area is 166 Å². The van der Waals surface area contributed by atoms with E-state index in [1.165, 1.54) is 0 Å². The van der Waals surface area contributed by atoms with Crippen molar-refractivity contribution >= 4 is 5.91 Å². The van der Waals surface area contributed by atoms with Gasteiger partial charge in [0.15, 0.2) is 0 Å². The van der Waals surface area contributed by atoms with Crippen molar-refractivity contribution in [3.05, 3.63) is 102 Å². The van der Waals surface area contributed by atoms with E-state index in [0.29, 0.717) is 13.2 Å². The van der Waals surface area contributed by atoms with Gasteiger partial charge in [-0.05, 0) is 28.8 Å². The molecule has 0 saturated carbocycles. The smallest absolute Gasteiger partial charge is 0.235 e. The summed E-state index contributed by atoms with van der Waals surface area (Å²) in [4.78, 5) is 11.9. The quantitative estimate of drug-likeness (QED) is 0.595. The molecule has 28 heavy (non-hydrogen) atoms. The van der Waals surface area contributed by atoms with Crippen LogP contribution in [-0.4, -0.2) is 11.9 Å². The number of carbonyl (C=O) groups excluding carboxylic acids is 1. The Hall–Kier alpha value is -3.11. The van der Waals surface area contributed by atoms with Crippen LogP contribution in [0.15, 0.2) is 84.9 Å². The third-order valence-electron chi connectivity index (χ3n) is 4.83. The molecule has 4 heteroatoms. The average Bonchev–Trinajstić information content (AvgIpc) is 2.74. The summed E-state index contributed by atoms with van der Waals surface area (Å²) in [5.74, 6) is 0.461. The third kappa shape index (κ3) is 5.44. The lowest BCUT2D eigenvalue weighted by Gasteiger charge is -2.23. The van der Waals surface area contributed by atoms with E-state index in [9.17, 15) is 4.79 Å². The molecule has 4 nitrogen and oxygen atoms in total. The zero-order chi connectivity index (χ0) is 19.8. The minimum absolute atomic E-state index is 0.00724. The Bertz CT molecular complexity index is 864. The monoisotopic (exact) mass is 374 g/mol. The van der Waals surface area contributed by atoms with E-state index in [-0.39, 0.29) is 11.8 Å². The SMILES string of the molecule is CC(c1ccccc1)C(NCc1ccc(OCc2ccccc2)cc1)C(N)=O. The Balaban J connectivity index is 1.56. The van der Waals surface area contributed by atoms with E-state index in [0.717, 1.165) is 22.4 Å². The molecule has 0 bridgehead atoms. The molecular formula is C24H26N2O2. The first-order valence-corrected chi connectivity index (χ1v) is 9.47. The van der Waals surface area contributed by atoms with Crippen LogP contribution < -0.4 is 15.8 Å². The van der Waals surface area contributed by atoms with Gasteiger partial charge in [0.25, 0.3) is 0 Å². The van der Waals surface area contributed by atoms with Gasteiger partial charge in [0, 0.05) is 12.5 Å². The largest absolute Gasteiger partial charge is 0.489 e. The van der Waals surface area contributed by atoms with Crippen LogP contribution in [0.25, 0.3) is 0 Å². The van der Waals surface area contributed by atoms with Crippen LogP contribution in [0, 0.1) is 0 Å². The molecule has 0 saturated heterocycles. The molecule has 0 heterocycles. The standard InChI is InChI=1S/C24H26N2O2/c1-18(21-10-6-3-7-11-21)23(24(25)27)26-16-19-12-14-22(15-13-19)28-17-20-8-4-2-5-9-20/h2-15,18,23,26H,16-17H2,1H3,(H2,25,27). The molecule has 3 aromatic carbocycles. The molecule has 2 atom stereocenters. The molecule has 0 fully saturated rings. The molecule has 0 aliphatic carbocycles. The summed E-state index contributed by atoms with van der Waals surface area (Å²) in [6.07, 6.45) is 0. The number of nitrogens with two attached hydrogens (primary N) is 1. The van der Waals surface area contributed by atoms with Gasteiger partial charge in [-0.15, -0.1) is 0 Å². The Morgan fingerprint density at radius 3 is 2.11 bits per heavy atom. The summed E-state index contributed by atoms with van der Waals surface area (Å²) < 4.78 is 5.81. The summed E-state index contributed by atoms with van der Waals surface area (Å²) in [5, 5.41) is 3.30. The number of carbonyl (C=O) groups is 1. The minimum atomic E-state index is -0.434. The summed E-state index contributed by atoms with van der Waals surface area (Å²) in [5.41, 5.74) is 8.92. The first kappa shape index (κ1) is 19.6. The fourth-order valence-corrected chi connectivity index (χ4v) is 3.15. The molecule has 0 spiro atoms. The van der Waals surface area contributed by atoms with Crippen LogP contribution in [0.1, 0.15) is 29.5 Å². The highest BCUT2D eigenvalue weighted by molar-refractivity contribution is 5.81. The van der Waals surface area contributed by atoms with Crippen molar-refractivity contribution in [2.45, 2.75) is 32.0 Å². The highest BCUT2D eigenvalue weighted by Crippen LogP contribution is 2.20. The van der Waals surface area contributed by atoms with Gasteiger partial charge in [0.2, 0.25) is 5.91 Å². The molecule has 0 aliphatic rings. The maximum atomic E-state index is 11.9. The molecular weight excluding hydrogens is 348 g/mol. The normalized spacial score (nSPS) is 12.9. The van der Waals surface area contributed by atoms with Crippen molar-refractivity contribution in [1.82, 2.24) is 5.32 Å². The molecule has 0 aromatic heterocycles. The number of ether oxygens (including phenoxy) is 1. The lowest BCUT2D eigenvalue weighted by atomic mass is 9.92. The average molecular weight is 374 g/mol. The van der Waals surface area contributed by atoms with Gasteiger partial charge in [-0.1, -0.05) is 79.7 Å². The van der Waals surface area contributed by atoms with Gasteiger partial charge in [-0.25, -0.2) is 0 Å². The lowest BCUT2D eigenvalue weighted by molar-refractivity contribution is -0.120. The Morgan fingerprint density at radius 2 is 1.50 bits per heavy atom. The van der Waals surface area contributed by atoms with Crippen LogP contribution in [0.4, 0.5) is 0 Å². The van der Waals surface area contributed by atoms with E-state index in [4.69, 9.17) is 10.5 Å². The van der Waals surface area contributed by atoms with Crippen LogP contribution in [-0.2, 0) is 17.9 Å². The summed E-state index contributed by atoms with van der Waals surface area (Å²) in [7, 11) is 0. The molecule has 3 rings (SSSR count). The number of amides is 1. The molecule has 3 N–H and O–H groups in total. The zero-order valence-electron chi connectivity index (χ0n) is 16.0. The second-order valence-electron chi connectivity index (χ2n) is 6.88. The zero-order valence-corrected chi connectivity index (χ0v) is 16.0. The van der Waals surface area contributed by atoms with E-state index in [1.54, 1.807) is 0 Å². The van der Waals surface area contributed by atoms with Crippen molar-refractivity contribution in [2.75, 3.05) is 0 Å². The number of benzene rings is 3.